The van der Waals surface area contributed by atoms with Crippen molar-refractivity contribution < 1.29 is 8.42 Å². The lowest BCUT2D eigenvalue weighted by Gasteiger charge is -2.03. The van der Waals surface area contributed by atoms with Crippen LogP contribution < -0.4 is 5.32 Å². The summed E-state index contributed by atoms with van der Waals surface area (Å²) in [6.45, 7) is 3.24. The molecule has 0 amide bonds. The number of hydrogen-bond donors (Lipinski definition) is 1. The number of sulfone groups is 1. The summed E-state index contributed by atoms with van der Waals surface area (Å²) >= 11 is 5.08. The lowest BCUT2D eigenvalue weighted by molar-refractivity contribution is 0.590. The van der Waals surface area contributed by atoms with Gasteiger partial charge >= 0.3 is 0 Å². The van der Waals surface area contributed by atoms with Gasteiger partial charge in [0.05, 0.1) is 5.75 Å². The quantitative estimate of drug-likeness (QED) is 0.783. The first-order chi connectivity index (χ1) is 7.53. The summed E-state index contributed by atoms with van der Waals surface area (Å²) in [5, 5.41) is 5.28. The van der Waals surface area contributed by atoms with Crippen LogP contribution in [0, 0.1) is 0 Å². The van der Waals surface area contributed by atoms with Crippen LogP contribution in [-0.2, 0) is 16.4 Å². The fourth-order valence-electron chi connectivity index (χ4n) is 1.22. The number of halogens is 1. The van der Waals surface area contributed by atoms with Gasteiger partial charge in [0.15, 0.2) is 0 Å². The van der Waals surface area contributed by atoms with Gasteiger partial charge in [0, 0.05) is 27.0 Å². The predicted octanol–water partition coefficient (Wildman–Crippen LogP) is 2.42. The standard InChI is InChI=1S/C10H16BrNO2S2/c1-2-16(13,14)5-3-4-12-7-10-6-9(11)8-15-10/h6,8,12H,2-5,7H2,1H3. The van der Waals surface area contributed by atoms with Gasteiger partial charge in [-0.05, 0) is 35.0 Å². The second-order valence-corrected chi connectivity index (χ2v) is 7.88. The molecule has 0 atom stereocenters. The largest absolute Gasteiger partial charge is 0.312 e. The first kappa shape index (κ1) is 14.2. The van der Waals surface area contributed by atoms with E-state index in [1.807, 2.05) is 5.38 Å². The molecule has 1 aromatic rings. The van der Waals surface area contributed by atoms with E-state index in [9.17, 15) is 8.42 Å². The third-order valence-corrected chi connectivity index (χ3v) is 5.66. The SMILES string of the molecule is CCS(=O)(=O)CCCNCc1cc(Br)cs1. The van der Waals surface area contributed by atoms with Crippen molar-refractivity contribution in [2.24, 2.45) is 0 Å². The molecule has 1 heterocycles. The molecule has 0 fully saturated rings. The Morgan fingerprint density at radius 2 is 2.25 bits per heavy atom. The molecule has 0 saturated carbocycles. The molecule has 1 aromatic heterocycles. The van der Waals surface area contributed by atoms with Crippen molar-refractivity contribution in [3.8, 4) is 0 Å². The van der Waals surface area contributed by atoms with E-state index in [0.717, 1.165) is 17.6 Å². The zero-order valence-electron chi connectivity index (χ0n) is 9.20. The second kappa shape index (κ2) is 6.74. The van der Waals surface area contributed by atoms with Gasteiger partial charge < -0.3 is 5.32 Å². The predicted molar refractivity (Wildman–Crippen MR) is 72.7 cm³/mol. The number of rotatable bonds is 7. The molecule has 0 aromatic carbocycles. The van der Waals surface area contributed by atoms with E-state index < -0.39 is 9.84 Å². The molecule has 6 heteroatoms. The third kappa shape index (κ3) is 5.43. The molecular weight excluding hydrogens is 310 g/mol. The fraction of sp³-hybridized carbons (Fsp3) is 0.600. The maximum absolute atomic E-state index is 11.2. The topological polar surface area (TPSA) is 46.2 Å². The van der Waals surface area contributed by atoms with Crippen LogP contribution in [0.25, 0.3) is 0 Å². The Bertz CT molecular complexity index is 414. The van der Waals surface area contributed by atoms with Crippen molar-refractivity contribution in [1.82, 2.24) is 5.32 Å². The van der Waals surface area contributed by atoms with Crippen molar-refractivity contribution in [1.29, 1.82) is 0 Å². The van der Waals surface area contributed by atoms with E-state index in [2.05, 4.69) is 27.3 Å². The maximum Gasteiger partial charge on any atom is 0.150 e. The monoisotopic (exact) mass is 325 g/mol. The van der Waals surface area contributed by atoms with E-state index in [1.54, 1.807) is 18.3 Å². The Morgan fingerprint density at radius 1 is 1.50 bits per heavy atom. The lowest BCUT2D eigenvalue weighted by Crippen LogP contribution is -2.18. The van der Waals surface area contributed by atoms with Crippen LogP contribution in [0.15, 0.2) is 15.9 Å². The van der Waals surface area contributed by atoms with Crippen LogP contribution >= 0.6 is 27.3 Å². The minimum atomic E-state index is -2.81. The molecule has 0 saturated heterocycles. The van der Waals surface area contributed by atoms with Crippen LogP contribution in [0.1, 0.15) is 18.2 Å². The normalized spacial score (nSPS) is 11.9. The highest BCUT2D eigenvalue weighted by Gasteiger charge is 2.05. The Labute approximate surface area is 109 Å². The third-order valence-electron chi connectivity index (χ3n) is 2.17. The van der Waals surface area contributed by atoms with Crippen LogP contribution in [0.2, 0.25) is 0 Å². The van der Waals surface area contributed by atoms with Crippen LogP contribution in [0.3, 0.4) is 0 Å². The van der Waals surface area contributed by atoms with Gasteiger partial charge in [-0.2, -0.15) is 0 Å². The number of nitrogens with one attached hydrogen (secondary N) is 1. The van der Waals surface area contributed by atoms with E-state index in [-0.39, 0.29) is 11.5 Å². The zero-order valence-corrected chi connectivity index (χ0v) is 12.4. The number of hydrogen-bond acceptors (Lipinski definition) is 4. The molecule has 3 nitrogen and oxygen atoms in total. The van der Waals surface area contributed by atoms with E-state index in [1.165, 1.54) is 4.88 Å². The molecule has 92 valence electrons. The Balaban J connectivity index is 2.13. The highest BCUT2D eigenvalue weighted by atomic mass is 79.9. The summed E-state index contributed by atoms with van der Waals surface area (Å²) in [4.78, 5) is 1.25. The van der Waals surface area contributed by atoms with Gasteiger partial charge in [0.2, 0.25) is 0 Å². The van der Waals surface area contributed by atoms with Gasteiger partial charge in [0.25, 0.3) is 0 Å². The van der Waals surface area contributed by atoms with Crippen molar-refractivity contribution >= 4 is 37.1 Å². The Morgan fingerprint density at radius 3 is 2.81 bits per heavy atom. The van der Waals surface area contributed by atoms with E-state index in [4.69, 9.17) is 0 Å². The molecular formula is C10H16BrNO2S2. The van der Waals surface area contributed by atoms with Crippen LogP contribution in [-0.4, -0.2) is 26.5 Å². The summed E-state index contributed by atoms with van der Waals surface area (Å²) in [7, 11) is -2.81. The zero-order chi connectivity index (χ0) is 12.0. The molecule has 16 heavy (non-hydrogen) atoms. The Hall–Kier alpha value is 0.0900. The van der Waals surface area contributed by atoms with E-state index in [0.29, 0.717) is 6.42 Å². The van der Waals surface area contributed by atoms with Crippen molar-refractivity contribution in [2.75, 3.05) is 18.1 Å². The minimum Gasteiger partial charge on any atom is -0.312 e. The van der Waals surface area contributed by atoms with E-state index >= 15 is 0 Å². The molecule has 1 rings (SSSR count). The molecule has 0 aliphatic rings. The molecule has 1 N–H and O–H groups in total. The molecule has 0 unspecified atom stereocenters. The van der Waals surface area contributed by atoms with Gasteiger partial charge in [0.1, 0.15) is 9.84 Å². The summed E-state index contributed by atoms with van der Waals surface area (Å²) in [6.07, 6.45) is 0.683. The second-order valence-electron chi connectivity index (χ2n) is 3.50. The van der Waals surface area contributed by atoms with Gasteiger partial charge in [-0.3, -0.25) is 0 Å². The molecule has 0 aliphatic heterocycles. The van der Waals surface area contributed by atoms with Gasteiger partial charge in [-0.15, -0.1) is 11.3 Å². The average molecular weight is 326 g/mol. The average Bonchev–Trinajstić information content (AvgIpc) is 2.64. The van der Waals surface area contributed by atoms with Crippen LogP contribution in [0.5, 0.6) is 0 Å². The first-order valence-corrected chi connectivity index (χ1v) is 8.67. The number of thiophene rings is 1. The van der Waals surface area contributed by atoms with Crippen molar-refractivity contribution in [3.63, 3.8) is 0 Å². The maximum atomic E-state index is 11.2. The first-order valence-electron chi connectivity index (χ1n) is 5.17. The summed E-state index contributed by atoms with van der Waals surface area (Å²) < 4.78 is 23.5. The minimum absolute atomic E-state index is 0.241. The van der Waals surface area contributed by atoms with Gasteiger partial charge in [-0.25, -0.2) is 8.42 Å². The smallest absolute Gasteiger partial charge is 0.150 e. The van der Waals surface area contributed by atoms with Crippen molar-refractivity contribution in [2.45, 2.75) is 19.9 Å². The fourth-order valence-corrected chi connectivity index (χ4v) is 3.51. The molecule has 0 spiro atoms. The summed E-state index contributed by atoms with van der Waals surface area (Å²) in [5.41, 5.74) is 0. The highest BCUT2D eigenvalue weighted by molar-refractivity contribution is 9.10. The Kier molecular flexibility index (Phi) is 5.96. The van der Waals surface area contributed by atoms with Crippen LogP contribution in [0.4, 0.5) is 0 Å². The molecule has 0 bridgehead atoms. The molecule has 0 aliphatic carbocycles. The van der Waals surface area contributed by atoms with Gasteiger partial charge in [-0.1, -0.05) is 6.92 Å². The highest BCUT2D eigenvalue weighted by Crippen LogP contribution is 2.19. The molecule has 0 radical (unpaired) electrons. The lowest BCUT2D eigenvalue weighted by atomic mass is 10.4. The summed E-state index contributed by atoms with van der Waals surface area (Å²) in [6, 6.07) is 2.07. The summed E-state index contributed by atoms with van der Waals surface area (Å²) in [5.74, 6) is 0.523. The van der Waals surface area contributed by atoms with Crippen molar-refractivity contribution in [3.05, 3.63) is 20.8 Å².